The third-order valence-electron chi connectivity index (χ3n) is 2.90. The Labute approximate surface area is 127 Å². The van der Waals surface area contributed by atoms with Crippen molar-refractivity contribution in [2.24, 2.45) is 0 Å². The maximum Gasteiger partial charge on any atom is 0.326 e. The molecule has 1 unspecified atom stereocenters. The van der Waals surface area contributed by atoms with Crippen LogP contribution in [0.25, 0.3) is 0 Å². The summed E-state index contributed by atoms with van der Waals surface area (Å²) in [5, 5.41) is 11.6. The maximum absolute atomic E-state index is 11.9. The van der Waals surface area contributed by atoms with Crippen LogP contribution in [-0.2, 0) is 16.0 Å². The highest BCUT2D eigenvalue weighted by atomic mass is 79.9. The van der Waals surface area contributed by atoms with Crippen LogP contribution in [-0.4, -0.2) is 23.0 Å². The second kappa shape index (κ2) is 7.85. The van der Waals surface area contributed by atoms with Gasteiger partial charge in [0.2, 0.25) is 5.91 Å². The molecular weight excluding hydrogens is 322 g/mol. The lowest BCUT2D eigenvalue weighted by Crippen LogP contribution is -2.41. The molecule has 1 amide bonds. The third-order valence-corrected chi connectivity index (χ3v) is 3.39. The van der Waals surface area contributed by atoms with Crippen molar-refractivity contribution in [3.05, 3.63) is 46.0 Å². The summed E-state index contributed by atoms with van der Waals surface area (Å²) in [5.41, 5.74) is 1.88. The molecule has 0 saturated heterocycles. The molecule has 0 fully saturated rings. The van der Waals surface area contributed by atoms with Gasteiger partial charge in [-0.05, 0) is 43.5 Å². The van der Waals surface area contributed by atoms with Crippen molar-refractivity contribution in [1.29, 1.82) is 0 Å². The summed E-state index contributed by atoms with van der Waals surface area (Å²) < 4.78 is 0.954. The van der Waals surface area contributed by atoms with Crippen LogP contribution in [0.5, 0.6) is 0 Å². The summed E-state index contributed by atoms with van der Waals surface area (Å²) in [6, 6.07) is 4.77. The van der Waals surface area contributed by atoms with Gasteiger partial charge in [0.15, 0.2) is 0 Å². The van der Waals surface area contributed by atoms with E-state index in [0.29, 0.717) is 0 Å². The van der Waals surface area contributed by atoms with Gasteiger partial charge >= 0.3 is 5.97 Å². The molecule has 0 aromatic heterocycles. The van der Waals surface area contributed by atoms with Crippen LogP contribution in [0.2, 0.25) is 0 Å². The number of amides is 1. The number of allylic oxidation sites excluding steroid dienone is 1. The molecule has 2 N–H and O–H groups in total. The smallest absolute Gasteiger partial charge is 0.326 e. The van der Waals surface area contributed by atoms with Crippen molar-refractivity contribution < 1.29 is 14.7 Å². The SMILES string of the molecule is C/C=C/CC(NC(=O)Cc1ccc(Br)cc1C)C(=O)O. The van der Waals surface area contributed by atoms with E-state index in [9.17, 15) is 9.59 Å². The van der Waals surface area contributed by atoms with Gasteiger partial charge < -0.3 is 10.4 Å². The summed E-state index contributed by atoms with van der Waals surface area (Å²) in [6.07, 6.45) is 3.96. The van der Waals surface area contributed by atoms with E-state index in [1.165, 1.54) is 0 Å². The third kappa shape index (κ3) is 5.17. The molecule has 1 aromatic carbocycles. The zero-order valence-corrected chi connectivity index (χ0v) is 13.1. The normalized spacial score (nSPS) is 12.3. The monoisotopic (exact) mass is 339 g/mol. The first-order chi connectivity index (χ1) is 9.43. The molecule has 0 spiro atoms. The van der Waals surface area contributed by atoms with E-state index in [2.05, 4.69) is 21.2 Å². The number of aliphatic carboxylic acids is 1. The van der Waals surface area contributed by atoms with Gasteiger partial charge in [-0.1, -0.05) is 34.1 Å². The fraction of sp³-hybridized carbons (Fsp3) is 0.333. The zero-order valence-electron chi connectivity index (χ0n) is 11.5. The molecule has 0 aliphatic rings. The predicted molar refractivity (Wildman–Crippen MR) is 81.6 cm³/mol. The van der Waals surface area contributed by atoms with Crippen LogP contribution in [0.3, 0.4) is 0 Å². The minimum absolute atomic E-state index is 0.179. The number of carboxylic acid groups (broad SMARTS) is 1. The minimum atomic E-state index is -1.02. The van der Waals surface area contributed by atoms with Crippen molar-refractivity contribution in [2.75, 3.05) is 0 Å². The van der Waals surface area contributed by atoms with Crippen molar-refractivity contribution in [3.8, 4) is 0 Å². The average molecular weight is 340 g/mol. The second-order valence-corrected chi connectivity index (χ2v) is 5.43. The van der Waals surface area contributed by atoms with E-state index in [0.717, 1.165) is 15.6 Å². The van der Waals surface area contributed by atoms with Gasteiger partial charge in [0, 0.05) is 4.47 Å². The number of hydrogen-bond acceptors (Lipinski definition) is 2. The molecule has 0 aliphatic heterocycles. The van der Waals surface area contributed by atoms with Crippen molar-refractivity contribution in [3.63, 3.8) is 0 Å². The van der Waals surface area contributed by atoms with E-state index in [1.807, 2.05) is 32.0 Å². The van der Waals surface area contributed by atoms with Crippen LogP contribution in [0.4, 0.5) is 0 Å². The van der Waals surface area contributed by atoms with Crippen molar-refractivity contribution in [1.82, 2.24) is 5.32 Å². The topological polar surface area (TPSA) is 66.4 Å². The van der Waals surface area contributed by atoms with Crippen LogP contribution in [0.15, 0.2) is 34.8 Å². The summed E-state index contributed by atoms with van der Waals surface area (Å²) in [4.78, 5) is 23.0. The Hall–Kier alpha value is -1.62. The first-order valence-corrected chi connectivity index (χ1v) is 7.11. The molecule has 1 aromatic rings. The largest absolute Gasteiger partial charge is 0.480 e. The highest BCUT2D eigenvalue weighted by Gasteiger charge is 2.18. The summed E-state index contributed by atoms with van der Waals surface area (Å²) >= 11 is 3.36. The molecule has 0 saturated carbocycles. The summed E-state index contributed by atoms with van der Waals surface area (Å²) in [5.74, 6) is -1.31. The van der Waals surface area contributed by atoms with Gasteiger partial charge in [0.05, 0.1) is 6.42 Å². The summed E-state index contributed by atoms with van der Waals surface area (Å²) in [6.45, 7) is 3.73. The molecule has 4 nitrogen and oxygen atoms in total. The molecule has 1 rings (SSSR count). The average Bonchev–Trinajstić information content (AvgIpc) is 2.37. The number of aryl methyl sites for hydroxylation is 1. The second-order valence-electron chi connectivity index (χ2n) is 4.51. The number of rotatable bonds is 6. The molecule has 108 valence electrons. The number of nitrogens with one attached hydrogen (secondary N) is 1. The van der Waals surface area contributed by atoms with E-state index in [4.69, 9.17) is 5.11 Å². The Morgan fingerprint density at radius 3 is 2.70 bits per heavy atom. The lowest BCUT2D eigenvalue weighted by molar-refractivity contribution is -0.141. The van der Waals surface area contributed by atoms with E-state index >= 15 is 0 Å². The Bertz CT molecular complexity index is 526. The number of carbonyl (C=O) groups excluding carboxylic acids is 1. The summed E-state index contributed by atoms with van der Waals surface area (Å²) in [7, 11) is 0. The number of benzene rings is 1. The van der Waals surface area contributed by atoms with Crippen molar-refractivity contribution >= 4 is 27.8 Å². The first kappa shape index (κ1) is 16.4. The number of carboxylic acids is 1. The Balaban J connectivity index is 2.67. The Morgan fingerprint density at radius 1 is 1.45 bits per heavy atom. The molecule has 5 heteroatoms. The van der Waals surface area contributed by atoms with Gasteiger partial charge in [-0.25, -0.2) is 4.79 Å². The highest BCUT2D eigenvalue weighted by Crippen LogP contribution is 2.16. The minimum Gasteiger partial charge on any atom is -0.480 e. The quantitative estimate of drug-likeness (QED) is 0.783. The number of halogens is 1. The fourth-order valence-corrected chi connectivity index (χ4v) is 2.25. The Morgan fingerprint density at radius 2 is 2.15 bits per heavy atom. The van der Waals surface area contributed by atoms with Gasteiger partial charge in [0.1, 0.15) is 6.04 Å². The van der Waals surface area contributed by atoms with Gasteiger partial charge in [0.25, 0.3) is 0 Å². The molecule has 0 radical (unpaired) electrons. The number of hydrogen-bond donors (Lipinski definition) is 2. The predicted octanol–water partition coefficient (Wildman–Crippen LogP) is 2.84. The lowest BCUT2D eigenvalue weighted by atomic mass is 10.1. The first-order valence-electron chi connectivity index (χ1n) is 6.32. The molecular formula is C15H18BrNO3. The molecule has 0 heterocycles. The van der Waals surface area contributed by atoms with E-state index in [-0.39, 0.29) is 18.7 Å². The van der Waals surface area contributed by atoms with E-state index in [1.54, 1.807) is 12.2 Å². The van der Waals surface area contributed by atoms with Crippen LogP contribution < -0.4 is 5.32 Å². The number of carbonyl (C=O) groups is 2. The van der Waals surface area contributed by atoms with Gasteiger partial charge in [-0.3, -0.25) is 4.79 Å². The van der Waals surface area contributed by atoms with Crippen LogP contribution >= 0.6 is 15.9 Å². The molecule has 20 heavy (non-hydrogen) atoms. The maximum atomic E-state index is 11.9. The highest BCUT2D eigenvalue weighted by molar-refractivity contribution is 9.10. The van der Waals surface area contributed by atoms with Gasteiger partial charge in [-0.2, -0.15) is 0 Å². The van der Waals surface area contributed by atoms with Gasteiger partial charge in [-0.15, -0.1) is 0 Å². The van der Waals surface area contributed by atoms with E-state index < -0.39 is 12.0 Å². The zero-order chi connectivity index (χ0) is 15.1. The van der Waals surface area contributed by atoms with Crippen LogP contribution in [0, 0.1) is 6.92 Å². The fourth-order valence-electron chi connectivity index (χ4n) is 1.77. The molecule has 1 atom stereocenters. The standard InChI is InChI=1S/C15H18BrNO3/c1-3-4-5-13(15(19)20)17-14(18)9-11-6-7-12(16)8-10(11)2/h3-4,6-8,13H,5,9H2,1-2H3,(H,17,18)(H,19,20)/b4-3+. The van der Waals surface area contributed by atoms with Crippen molar-refractivity contribution in [2.45, 2.75) is 32.7 Å². The van der Waals surface area contributed by atoms with Crippen LogP contribution in [0.1, 0.15) is 24.5 Å². The Kier molecular flexibility index (Phi) is 6.45. The lowest BCUT2D eigenvalue weighted by Gasteiger charge is -2.13. The molecule has 0 bridgehead atoms. The molecule has 0 aliphatic carbocycles.